The summed E-state index contributed by atoms with van der Waals surface area (Å²) in [6.45, 7) is 4.75. The number of aromatic nitrogens is 3. The third-order valence-electron chi connectivity index (χ3n) is 4.17. The molecule has 26 heavy (non-hydrogen) atoms. The molecule has 3 aromatic heterocycles. The van der Waals surface area contributed by atoms with Crippen LogP contribution in [0, 0.1) is 17.9 Å². The van der Waals surface area contributed by atoms with Gasteiger partial charge in [-0.1, -0.05) is 30.3 Å². The van der Waals surface area contributed by atoms with Crippen molar-refractivity contribution in [1.82, 2.24) is 14.4 Å². The molecule has 0 amide bonds. The van der Waals surface area contributed by atoms with Gasteiger partial charge in [-0.05, 0) is 12.3 Å². The fourth-order valence-corrected chi connectivity index (χ4v) is 3.08. The number of hydrogen-bond acceptors (Lipinski definition) is 3. The van der Waals surface area contributed by atoms with Gasteiger partial charge in [0.1, 0.15) is 0 Å². The molecule has 0 aliphatic heterocycles. The zero-order valence-corrected chi connectivity index (χ0v) is 15.8. The van der Waals surface area contributed by atoms with Gasteiger partial charge in [0.05, 0.1) is 16.9 Å². The van der Waals surface area contributed by atoms with E-state index in [0.717, 1.165) is 38.6 Å². The first kappa shape index (κ1) is 17.8. The molecule has 0 unspecified atom stereocenters. The molecule has 0 atom stereocenters. The van der Waals surface area contributed by atoms with Crippen molar-refractivity contribution in [2.24, 2.45) is 0 Å². The molecule has 5 aromatic rings. The summed E-state index contributed by atoms with van der Waals surface area (Å²) in [6, 6.07) is 21.6. The average Bonchev–Trinajstić information content (AvgIpc) is 3.14. The Balaban J connectivity index is 0.000000633. The quantitative estimate of drug-likeness (QED) is 0.307. The fourth-order valence-electron chi connectivity index (χ4n) is 3.08. The van der Waals surface area contributed by atoms with Crippen LogP contribution in [0.25, 0.3) is 38.6 Å². The van der Waals surface area contributed by atoms with Crippen molar-refractivity contribution >= 4 is 27.3 Å². The summed E-state index contributed by atoms with van der Waals surface area (Å²) in [4.78, 5) is 9.39. The van der Waals surface area contributed by atoms with Gasteiger partial charge in [-0.25, -0.2) is 0 Å². The monoisotopic (exact) mass is 515 g/mol. The van der Waals surface area contributed by atoms with Crippen molar-refractivity contribution in [3.63, 3.8) is 0 Å². The smallest absolute Gasteiger partial charge is 0.512 e. The molecule has 0 aliphatic rings. The molecule has 0 aliphatic carbocycles. The Morgan fingerprint density at radius 2 is 1.77 bits per heavy atom. The number of imidazole rings is 1. The molecule has 0 N–H and O–H groups in total. The Kier molecular flexibility index (Phi) is 5.11. The standard InChI is InChI=1S/C20H12N3.CN.Pt/c1-2-8-16-14(5-1)10-12-23-13-18(22-20(16)23)17-9-3-6-15-7-4-11-21-19(15)17;1-2;/h1-7,9-13H;;/q2*-1;+2. The average molecular weight is 515 g/mol. The molecular formula is C21H12N4Pt. The zero-order chi connectivity index (χ0) is 17.2. The van der Waals surface area contributed by atoms with E-state index in [9.17, 15) is 0 Å². The van der Waals surface area contributed by atoms with E-state index in [1.807, 2.05) is 36.7 Å². The minimum atomic E-state index is 0. The van der Waals surface area contributed by atoms with Gasteiger partial charge in [-0.2, -0.15) is 0 Å². The van der Waals surface area contributed by atoms with E-state index < -0.39 is 0 Å². The first-order valence-electron chi connectivity index (χ1n) is 7.75. The third kappa shape index (κ3) is 2.87. The Hall–Kier alpha value is -3.02. The topological polar surface area (TPSA) is 54.0 Å². The molecule has 0 bridgehead atoms. The number of nitrogens with zero attached hydrogens (tertiary/aromatic N) is 4. The van der Waals surface area contributed by atoms with Gasteiger partial charge in [0.25, 0.3) is 0 Å². The molecule has 126 valence electrons. The van der Waals surface area contributed by atoms with Crippen LogP contribution in [0.5, 0.6) is 0 Å². The summed E-state index contributed by atoms with van der Waals surface area (Å²) in [5.41, 5.74) is 3.88. The van der Waals surface area contributed by atoms with Crippen LogP contribution in [-0.4, -0.2) is 14.4 Å². The van der Waals surface area contributed by atoms with Crippen LogP contribution in [-0.2, 0) is 21.1 Å². The maximum atomic E-state index is 6.25. The van der Waals surface area contributed by atoms with E-state index in [4.69, 9.17) is 16.8 Å². The molecular weight excluding hydrogens is 503 g/mol. The molecule has 5 rings (SSSR count). The predicted molar refractivity (Wildman–Crippen MR) is 97.2 cm³/mol. The maximum Gasteiger partial charge on any atom is 2.00 e. The van der Waals surface area contributed by atoms with Gasteiger partial charge in [0.15, 0.2) is 0 Å². The summed E-state index contributed by atoms with van der Waals surface area (Å²) in [5, 5.41) is 9.56. The van der Waals surface area contributed by atoms with E-state index in [-0.39, 0.29) is 21.1 Å². The minimum absolute atomic E-state index is 0. The van der Waals surface area contributed by atoms with Crippen LogP contribution in [0.1, 0.15) is 0 Å². The Morgan fingerprint density at radius 3 is 2.65 bits per heavy atom. The van der Waals surface area contributed by atoms with Crippen molar-refractivity contribution in [1.29, 1.82) is 5.26 Å². The van der Waals surface area contributed by atoms with E-state index >= 15 is 0 Å². The Bertz CT molecular complexity index is 1220. The molecule has 0 spiro atoms. The molecule has 0 saturated heterocycles. The third-order valence-corrected chi connectivity index (χ3v) is 4.17. The van der Waals surface area contributed by atoms with Gasteiger partial charge >= 0.3 is 21.1 Å². The summed E-state index contributed by atoms with van der Waals surface area (Å²) < 4.78 is 2.05. The van der Waals surface area contributed by atoms with Gasteiger partial charge in [0.2, 0.25) is 0 Å². The second-order valence-corrected chi connectivity index (χ2v) is 5.55. The van der Waals surface area contributed by atoms with Crippen LogP contribution >= 0.6 is 0 Å². The number of hydrogen-bond donors (Lipinski definition) is 0. The molecule has 4 nitrogen and oxygen atoms in total. The van der Waals surface area contributed by atoms with Crippen molar-refractivity contribution in [2.45, 2.75) is 0 Å². The van der Waals surface area contributed by atoms with Gasteiger partial charge in [-0.15, -0.1) is 35.0 Å². The molecule has 5 heteroatoms. The molecule has 0 fully saturated rings. The molecule has 0 saturated carbocycles. The number of pyridine rings is 2. The predicted octanol–water partition coefficient (Wildman–Crippen LogP) is 4.60. The van der Waals surface area contributed by atoms with Crippen LogP contribution < -0.4 is 0 Å². The van der Waals surface area contributed by atoms with E-state index in [0.29, 0.717) is 0 Å². The Morgan fingerprint density at radius 1 is 0.962 bits per heavy atom. The second-order valence-electron chi connectivity index (χ2n) is 5.55. The maximum absolute atomic E-state index is 6.25. The normalized spacial score (nSPS) is 10.2. The van der Waals surface area contributed by atoms with Crippen LogP contribution in [0.4, 0.5) is 0 Å². The number of benzene rings is 2. The Labute approximate surface area is 165 Å². The number of rotatable bonds is 1. The van der Waals surface area contributed by atoms with E-state index in [1.165, 1.54) is 0 Å². The van der Waals surface area contributed by atoms with Crippen LogP contribution in [0.3, 0.4) is 0 Å². The fraction of sp³-hybridized carbons (Fsp3) is 0. The van der Waals surface area contributed by atoms with Crippen molar-refractivity contribution in [2.75, 3.05) is 0 Å². The number of fused-ring (bicyclic) bond motifs is 4. The summed E-state index contributed by atoms with van der Waals surface area (Å²) in [5.74, 6) is 0. The SMILES string of the molecule is [C-]#N.[Pt+2].[c-]1cccc2ccn3cc(-c4cccc5cccnc45)nc3c12. The summed E-state index contributed by atoms with van der Waals surface area (Å²) >= 11 is 0. The first-order chi connectivity index (χ1) is 12.4. The minimum Gasteiger partial charge on any atom is -0.512 e. The number of para-hydroxylation sites is 1. The molecule has 3 heterocycles. The first-order valence-corrected chi connectivity index (χ1v) is 7.75. The van der Waals surface area contributed by atoms with Crippen molar-refractivity contribution in [3.05, 3.63) is 85.8 Å². The van der Waals surface area contributed by atoms with Crippen LogP contribution in [0.15, 0.2) is 73.2 Å². The van der Waals surface area contributed by atoms with Gasteiger partial charge in [-0.3, -0.25) is 9.97 Å². The zero-order valence-electron chi connectivity index (χ0n) is 13.5. The van der Waals surface area contributed by atoms with Crippen molar-refractivity contribution < 1.29 is 21.1 Å². The molecule has 0 radical (unpaired) electrons. The van der Waals surface area contributed by atoms with Crippen LogP contribution in [0.2, 0.25) is 0 Å². The van der Waals surface area contributed by atoms with Crippen molar-refractivity contribution in [3.8, 4) is 11.3 Å². The van der Waals surface area contributed by atoms with E-state index in [1.54, 1.807) is 0 Å². The largest absolute Gasteiger partial charge is 2.00 e. The second kappa shape index (κ2) is 7.47. The van der Waals surface area contributed by atoms with Gasteiger partial charge < -0.3 is 16.2 Å². The summed E-state index contributed by atoms with van der Waals surface area (Å²) in [6.07, 6.45) is 5.92. The summed E-state index contributed by atoms with van der Waals surface area (Å²) in [7, 11) is 0. The van der Waals surface area contributed by atoms with Gasteiger partial charge in [0, 0.05) is 23.3 Å². The van der Waals surface area contributed by atoms with E-state index in [2.05, 4.69) is 52.0 Å². The molecule has 2 aromatic carbocycles.